The van der Waals surface area contributed by atoms with Crippen molar-refractivity contribution < 1.29 is 9.59 Å². The van der Waals surface area contributed by atoms with Crippen molar-refractivity contribution >= 4 is 23.3 Å². The summed E-state index contributed by atoms with van der Waals surface area (Å²) in [6.45, 7) is 8.22. The van der Waals surface area contributed by atoms with E-state index in [1.54, 1.807) is 0 Å². The first-order chi connectivity index (χ1) is 14.2. The summed E-state index contributed by atoms with van der Waals surface area (Å²) in [5, 5.41) is 5.72. The lowest BCUT2D eigenvalue weighted by atomic mass is 10.0. The number of rotatable bonds is 8. The summed E-state index contributed by atoms with van der Waals surface area (Å²) in [5.74, 6) is 0.0898. The van der Waals surface area contributed by atoms with E-state index in [1.807, 2.05) is 93.2 Å². The number of hydrogen-bond donors (Lipinski definition) is 2. The number of urea groups is 1. The number of carbonyl (C=O) groups excluding carboxylic acids is 2. The zero-order chi connectivity index (χ0) is 22.3. The van der Waals surface area contributed by atoms with Gasteiger partial charge in [0.25, 0.3) is 0 Å². The van der Waals surface area contributed by atoms with Crippen molar-refractivity contribution in [2.45, 2.75) is 52.7 Å². The average Bonchev–Trinajstić information content (AvgIpc) is 2.70. The van der Waals surface area contributed by atoms with Gasteiger partial charge in [0.15, 0.2) is 0 Å². The molecule has 2 aromatic carbocycles. The second kappa shape index (κ2) is 10.7. The molecule has 162 valence electrons. The fourth-order valence-electron chi connectivity index (χ4n) is 3.39. The Labute approximate surface area is 180 Å². The van der Waals surface area contributed by atoms with Gasteiger partial charge in [-0.2, -0.15) is 0 Å². The zero-order valence-electron chi connectivity index (χ0n) is 18.9. The summed E-state index contributed by atoms with van der Waals surface area (Å²) in [6, 6.07) is 15.6. The highest BCUT2D eigenvalue weighted by Crippen LogP contribution is 2.29. The van der Waals surface area contributed by atoms with Crippen molar-refractivity contribution in [2.75, 3.05) is 24.3 Å². The number of amides is 3. The Morgan fingerprint density at radius 1 is 1.00 bits per heavy atom. The van der Waals surface area contributed by atoms with Crippen molar-refractivity contribution in [3.8, 4) is 0 Å². The van der Waals surface area contributed by atoms with Gasteiger partial charge in [-0.1, -0.05) is 37.3 Å². The topological polar surface area (TPSA) is 64.7 Å². The van der Waals surface area contributed by atoms with Crippen LogP contribution in [0.5, 0.6) is 0 Å². The van der Waals surface area contributed by atoms with Crippen LogP contribution in [0, 0.1) is 0 Å². The molecule has 6 heteroatoms. The number of benzene rings is 2. The lowest BCUT2D eigenvalue weighted by Crippen LogP contribution is -2.34. The third kappa shape index (κ3) is 6.24. The van der Waals surface area contributed by atoms with Crippen molar-refractivity contribution in [1.29, 1.82) is 0 Å². The minimum absolute atomic E-state index is 0.0508. The SMILES string of the molecule is CCC(=O)N(Cc1cc(NC(=O)NC(C)C)ccc1N(C)C)[C@@H](C)c1ccccc1. The van der Waals surface area contributed by atoms with Gasteiger partial charge in [-0.25, -0.2) is 4.79 Å². The van der Waals surface area contributed by atoms with E-state index in [1.165, 1.54) is 0 Å². The average molecular weight is 411 g/mol. The van der Waals surface area contributed by atoms with Gasteiger partial charge in [0.1, 0.15) is 0 Å². The van der Waals surface area contributed by atoms with Crippen LogP contribution in [0.1, 0.15) is 51.3 Å². The molecule has 6 nitrogen and oxygen atoms in total. The van der Waals surface area contributed by atoms with E-state index in [9.17, 15) is 9.59 Å². The summed E-state index contributed by atoms with van der Waals surface area (Å²) >= 11 is 0. The molecule has 1 atom stereocenters. The first kappa shape index (κ1) is 23.3. The summed E-state index contributed by atoms with van der Waals surface area (Å²) in [4.78, 5) is 28.9. The third-order valence-corrected chi connectivity index (χ3v) is 4.95. The molecule has 30 heavy (non-hydrogen) atoms. The van der Waals surface area contributed by atoms with Crippen LogP contribution < -0.4 is 15.5 Å². The van der Waals surface area contributed by atoms with E-state index < -0.39 is 0 Å². The predicted octanol–water partition coefficient (Wildman–Crippen LogP) is 4.78. The Hall–Kier alpha value is -3.02. The Morgan fingerprint density at radius 3 is 2.23 bits per heavy atom. The summed E-state index contributed by atoms with van der Waals surface area (Å²) in [6.07, 6.45) is 0.434. The van der Waals surface area contributed by atoms with Crippen LogP contribution >= 0.6 is 0 Å². The first-order valence-electron chi connectivity index (χ1n) is 10.4. The maximum atomic E-state index is 12.8. The fourth-order valence-corrected chi connectivity index (χ4v) is 3.39. The summed E-state index contributed by atoms with van der Waals surface area (Å²) in [5.41, 5.74) is 3.78. The predicted molar refractivity (Wildman–Crippen MR) is 124 cm³/mol. The maximum Gasteiger partial charge on any atom is 0.319 e. The summed E-state index contributed by atoms with van der Waals surface area (Å²) < 4.78 is 0. The van der Waals surface area contributed by atoms with Crippen molar-refractivity contribution in [1.82, 2.24) is 10.2 Å². The molecule has 3 amide bonds. The molecule has 0 aliphatic heterocycles. The monoisotopic (exact) mass is 410 g/mol. The van der Waals surface area contributed by atoms with E-state index in [2.05, 4.69) is 17.6 Å². The van der Waals surface area contributed by atoms with Crippen LogP contribution in [0.2, 0.25) is 0 Å². The molecule has 0 saturated heterocycles. The minimum Gasteiger partial charge on any atom is -0.377 e. The highest BCUT2D eigenvalue weighted by Gasteiger charge is 2.22. The van der Waals surface area contributed by atoms with Crippen LogP contribution in [0.25, 0.3) is 0 Å². The van der Waals surface area contributed by atoms with Crippen LogP contribution in [-0.2, 0) is 11.3 Å². The standard InChI is InChI=1S/C24H34N4O2/c1-7-23(29)28(18(4)19-11-9-8-10-12-19)16-20-15-21(13-14-22(20)27(5)6)26-24(30)25-17(2)3/h8-15,17-18H,7,16H2,1-6H3,(H2,25,26,30)/t18-/m0/s1. The number of anilines is 2. The van der Waals surface area contributed by atoms with E-state index in [4.69, 9.17) is 0 Å². The molecule has 0 spiro atoms. The van der Waals surface area contributed by atoms with Gasteiger partial charge in [-0.15, -0.1) is 0 Å². The van der Waals surface area contributed by atoms with Crippen LogP contribution in [0.3, 0.4) is 0 Å². The van der Waals surface area contributed by atoms with Gasteiger partial charge in [-0.05, 0) is 50.1 Å². The Bertz CT molecular complexity index is 850. The van der Waals surface area contributed by atoms with Crippen molar-refractivity contribution in [3.05, 3.63) is 59.7 Å². The normalized spacial score (nSPS) is 11.7. The van der Waals surface area contributed by atoms with E-state index >= 15 is 0 Å². The van der Waals surface area contributed by atoms with E-state index in [0.29, 0.717) is 18.7 Å². The molecule has 0 fully saturated rings. The van der Waals surface area contributed by atoms with E-state index in [0.717, 1.165) is 16.8 Å². The Morgan fingerprint density at radius 2 is 1.67 bits per heavy atom. The molecule has 2 aromatic rings. The molecule has 2 N–H and O–H groups in total. The number of nitrogens with zero attached hydrogens (tertiary/aromatic N) is 2. The van der Waals surface area contributed by atoms with Crippen LogP contribution in [0.4, 0.5) is 16.2 Å². The molecule has 0 bridgehead atoms. The van der Waals surface area contributed by atoms with Gasteiger partial charge in [0.2, 0.25) is 5.91 Å². The van der Waals surface area contributed by atoms with Crippen molar-refractivity contribution in [3.63, 3.8) is 0 Å². The molecular formula is C24H34N4O2. The first-order valence-corrected chi connectivity index (χ1v) is 10.4. The second-order valence-electron chi connectivity index (χ2n) is 7.95. The Balaban J connectivity index is 2.36. The third-order valence-electron chi connectivity index (χ3n) is 4.95. The van der Waals surface area contributed by atoms with Gasteiger partial charge in [0, 0.05) is 44.5 Å². The molecule has 0 radical (unpaired) electrons. The molecule has 0 aliphatic rings. The van der Waals surface area contributed by atoms with Crippen molar-refractivity contribution in [2.24, 2.45) is 0 Å². The highest BCUT2D eigenvalue weighted by molar-refractivity contribution is 5.90. The number of carbonyl (C=O) groups is 2. The molecule has 0 heterocycles. The van der Waals surface area contributed by atoms with Gasteiger partial charge in [0.05, 0.1) is 6.04 Å². The largest absolute Gasteiger partial charge is 0.377 e. The zero-order valence-corrected chi connectivity index (χ0v) is 18.9. The van der Waals surface area contributed by atoms with Gasteiger partial charge < -0.3 is 20.4 Å². The second-order valence-corrected chi connectivity index (χ2v) is 7.95. The van der Waals surface area contributed by atoms with Crippen LogP contribution in [-0.4, -0.2) is 37.0 Å². The lowest BCUT2D eigenvalue weighted by Gasteiger charge is -2.31. The molecular weight excluding hydrogens is 376 g/mol. The highest BCUT2D eigenvalue weighted by atomic mass is 16.2. The molecule has 0 aliphatic carbocycles. The minimum atomic E-state index is -0.243. The smallest absolute Gasteiger partial charge is 0.319 e. The fraction of sp³-hybridized carbons (Fsp3) is 0.417. The maximum absolute atomic E-state index is 12.8. The number of hydrogen-bond acceptors (Lipinski definition) is 3. The Kier molecular flexibility index (Phi) is 8.27. The summed E-state index contributed by atoms with van der Waals surface area (Å²) in [7, 11) is 3.95. The molecule has 2 rings (SSSR count). The molecule has 0 aromatic heterocycles. The molecule has 0 unspecified atom stereocenters. The quantitative estimate of drug-likeness (QED) is 0.658. The van der Waals surface area contributed by atoms with Crippen LogP contribution in [0.15, 0.2) is 48.5 Å². The van der Waals surface area contributed by atoms with Gasteiger partial charge >= 0.3 is 6.03 Å². The van der Waals surface area contributed by atoms with Gasteiger partial charge in [-0.3, -0.25) is 4.79 Å². The van der Waals surface area contributed by atoms with E-state index in [-0.39, 0.29) is 24.0 Å². The lowest BCUT2D eigenvalue weighted by molar-refractivity contribution is -0.133. The number of nitrogens with one attached hydrogen (secondary N) is 2. The molecule has 0 saturated carbocycles.